The number of rotatable bonds is 6. The molecule has 0 aliphatic heterocycles. The van der Waals surface area contributed by atoms with Crippen molar-refractivity contribution >= 4 is 32.3 Å². The molecule has 0 spiro atoms. The van der Waals surface area contributed by atoms with Gasteiger partial charge in [-0.3, -0.25) is 0 Å². The highest BCUT2D eigenvalue weighted by Gasteiger charge is 2.46. The number of nitrogens with zero attached hydrogens (tertiary/aromatic N) is 2. The van der Waals surface area contributed by atoms with Crippen LogP contribution in [0, 0.1) is 0 Å². The Labute approximate surface area is 355 Å². The Morgan fingerprint density at radius 2 is 0.869 bits per heavy atom. The van der Waals surface area contributed by atoms with Crippen LogP contribution in [0.15, 0.2) is 231 Å². The van der Waals surface area contributed by atoms with Crippen LogP contribution in [0.3, 0.4) is 0 Å². The Morgan fingerprint density at radius 1 is 0.295 bits per heavy atom. The first-order valence-electron chi connectivity index (χ1n) is 21.0. The van der Waals surface area contributed by atoms with E-state index in [-0.39, 0.29) is 0 Å². The maximum absolute atomic E-state index is 5.35. The number of fused-ring (bicyclic) bond motifs is 7. The first-order chi connectivity index (χ1) is 30.2. The van der Waals surface area contributed by atoms with Gasteiger partial charge in [-0.1, -0.05) is 206 Å². The maximum Gasteiger partial charge on any atom is 0.160 e. The van der Waals surface area contributed by atoms with Crippen LogP contribution in [-0.4, -0.2) is 9.97 Å². The van der Waals surface area contributed by atoms with Gasteiger partial charge in [0.05, 0.1) is 16.8 Å². The maximum atomic E-state index is 5.35. The smallest absolute Gasteiger partial charge is 0.160 e. The van der Waals surface area contributed by atoms with Gasteiger partial charge >= 0.3 is 0 Å². The van der Waals surface area contributed by atoms with Crippen LogP contribution >= 0.6 is 0 Å². The minimum atomic E-state index is -0.510. The van der Waals surface area contributed by atoms with E-state index in [1.807, 2.05) is 6.07 Å². The summed E-state index contributed by atoms with van der Waals surface area (Å²) in [5, 5.41) is 7.46. The molecule has 1 heterocycles. The highest BCUT2D eigenvalue weighted by molar-refractivity contribution is 6.20. The van der Waals surface area contributed by atoms with Crippen LogP contribution in [-0.2, 0) is 5.41 Å². The number of aromatic nitrogens is 2. The van der Waals surface area contributed by atoms with Crippen LogP contribution < -0.4 is 0 Å². The highest BCUT2D eigenvalue weighted by atomic mass is 14.9. The molecule has 1 aliphatic rings. The van der Waals surface area contributed by atoms with Crippen molar-refractivity contribution in [3.8, 4) is 56.2 Å². The van der Waals surface area contributed by atoms with Crippen LogP contribution in [0.2, 0.25) is 0 Å². The zero-order valence-electron chi connectivity index (χ0n) is 33.3. The summed E-state index contributed by atoms with van der Waals surface area (Å²) in [7, 11) is 0. The standard InChI is InChI=1S/C59H38N2/c1-4-18-40(19-5-1)58-60-55(42-21-16-22-44(35-42)57-48-28-13-11-20-41(48)36-52-47-27-12-10-17-39(47)31-34-51(52)57)38-56(61-58)43-32-33-50-49-29-14-15-30-53(49)59(54(50)37-43,45-23-6-2-7-24-45)46-25-8-3-9-26-46/h1-38H. The van der Waals surface area contributed by atoms with Gasteiger partial charge in [0.2, 0.25) is 0 Å². The van der Waals surface area contributed by atoms with E-state index in [1.54, 1.807) is 0 Å². The fourth-order valence-electron chi connectivity index (χ4n) is 10.0. The molecule has 0 unspecified atom stereocenters. The van der Waals surface area contributed by atoms with Gasteiger partial charge in [0.25, 0.3) is 0 Å². The molecule has 10 aromatic carbocycles. The molecular weight excluding hydrogens is 737 g/mol. The summed E-state index contributed by atoms with van der Waals surface area (Å²) in [6.45, 7) is 0. The van der Waals surface area contributed by atoms with Gasteiger partial charge in [-0.15, -0.1) is 0 Å². The van der Waals surface area contributed by atoms with Crippen molar-refractivity contribution in [1.29, 1.82) is 0 Å². The largest absolute Gasteiger partial charge is 0.228 e. The van der Waals surface area contributed by atoms with Crippen LogP contribution in [0.5, 0.6) is 0 Å². The summed E-state index contributed by atoms with van der Waals surface area (Å²) >= 11 is 0. The molecule has 0 saturated carbocycles. The minimum Gasteiger partial charge on any atom is -0.228 e. The number of hydrogen-bond donors (Lipinski definition) is 0. The summed E-state index contributed by atoms with van der Waals surface area (Å²) in [6.07, 6.45) is 0. The summed E-state index contributed by atoms with van der Waals surface area (Å²) < 4.78 is 0. The van der Waals surface area contributed by atoms with Crippen molar-refractivity contribution in [3.05, 3.63) is 253 Å². The molecule has 0 amide bonds. The lowest BCUT2D eigenvalue weighted by atomic mass is 9.67. The average Bonchev–Trinajstić information content (AvgIpc) is 3.64. The van der Waals surface area contributed by atoms with E-state index in [2.05, 4.69) is 224 Å². The third-order valence-corrected chi connectivity index (χ3v) is 12.7. The number of hydrogen-bond acceptors (Lipinski definition) is 2. The molecule has 2 nitrogen and oxygen atoms in total. The molecule has 0 fully saturated rings. The van der Waals surface area contributed by atoms with Crippen molar-refractivity contribution in [2.75, 3.05) is 0 Å². The van der Waals surface area contributed by atoms with Gasteiger partial charge in [-0.05, 0) is 101 Å². The normalized spacial score (nSPS) is 12.7. The molecular formula is C59H38N2. The minimum absolute atomic E-state index is 0.510. The molecule has 1 aromatic heterocycles. The summed E-state index contributed by atoms with van der Waals surface area (Å²) in [5.41, 5.74) is 14.2. The lowest BCUT2D eigenvalue weighted by Gasteiger charge is -2.34. The molecule has 1 aliphatic carbocycles. The Bertz CT molecular complexity index is 3420. The Hall–Kier alpha value is -7.94. The zero-order chi connectivity index (χ0) is 40.3. The quantitative estimate of drug-likeness (QED) is 0.124. The Kier molecular flexibility index (Phi) is 8.11. The van der Waals surface area contributed by atoms with Crippen LogP contribution in [0.25, 0.3) is 88.5 Å². The van der Waals surface area contributed by atoms with Gasteiger partial charge < -0.3 is 0 Å². The lowest BCUT2D eigenvalue weighted by Crippen LogP contribution is -2.28. The van der Waals surface area contributed by atoms with E-state index in [9.17, 15) is 0 Å². The Morgan fingerprint density at radius 3 is 1.62 bits per heavy atom. The van der Waals surface area contributed by atoms with Crippen molar-refractivity contribution < 1.29 is 0 Å². The van der Waals surface area contributed by atoms with Crippen molar-refractivity contribution in [2.45, 2.75) is 5.41 Å². The van der Waals surface area contributed by atoms with Crippen molar-refractivity contribution in [3.63, 3.8) is 0 Å². The van der Waals surface area contributed by atoms with E-state index in [0.717, 1.165) is 33.6 Å². The molecule has 0 saturated heterocycles. The first-order valence-corrected chi connectivity index (χ1v) is 21.0. The zero-order valence-corrected chi connectivity index (χ0v) is 33.3. The third kappa shape index (κ3) is 5.57. The first kappa shape index (κ1) is 35.0. The van der Waals surface area contributed by atoms with E-state index in [4.69, 9.17) is 9.97 Å². The lowest BCUT2D eigenvalue weighted by molar-refractivity contribution is 0.768. The second kappa shape index (κ2) is 14.1. The fourth-order valence-corrected chi connectivity index (χ4v) is 10.0. The molecule has 12 rings (SSSR count). The van der Waals surface area contributed by atoms with Crippen LogP contribution in [0.1, 0.15) is 22.3 Å². The second-order valence-electron chi connectivity index (χ2n) is 16.1. The van der Waals surface area contributed by atoms with E-state index in [1.165, 1.54) is 71.3 Å². The molecule has 284 valence electrons. The molecule has 0 radical (unpaired) electrons. The second-order valence-corrected chi connectivity index (χ2v) is 16.1. The molecule has 0 atom stereocenters. The summed E-state index contributed by atoms with van der Waals surface area (Å²) in [6, 6.07) is 83.5. The van der Waals surface area contributed by atoms with E-state index < -0.39 is 5.41 Å². The van der Waals surface area contributed by atoms with E-state index >= 15 is 0 Å². The van der Waals surface area contributed by atoms with Gasteiger partial charge in [0.1, 0.15) is 0 Å². The fraction of sp³-hybridized carbons (Fsp3) is 0.0169. The molecule has 61 heavy (non-hydrogen) atoms. The third-order valence-electron chi connectivity index (χ3n) is 12.7. The van der Waals surface area contributed by atoms with Gasteiger partial charge in [0, 0.05) is 16.7 Å². The van der Waals surface area contributed by atoms with Crippen LogP contribution in [0.4, 0.5) is 0 Å². The van der Waals surface area contributed by atoms with Crippen molar-refractivity contribution in [2.24, 2.45) is 0 Å². The average molecular weight is 775 g/mol. The van der Waals surface area contributed by atoms with Crippen molar-refractivity contribution in [1.82, 2.24) is 9.97 Å². The summed E-state index contributed by atoms with van der Waals surface area (Å²) in [4.78, 5) is 10.7. The molecule has 2 heteroatoms. The van der Waals surface area contributed by atoms with E-state index in [0.29, 0.717) is 5.82 Å². The molecule has 0 bridgehead atoms. The monoisotopic (exact) mass is 774 g/mol. The summed E-state index contributed by atoms with van der Waals surface area (Å²) in [5.74, 6) is 0.696. The number of benzene rings is 10. The Balaban J connectivity index is 1.07. The SMILES string of the molecule is c1ccc(-c2nc(-c3cccc(-c4c5ccccc5cc5c4ccc4ccccc45)c3)cc(-c3ccc4c(c3)C(c3ccccc3)(c3ccccc3)c3ccccc3-4)n2)cc1. The molecule has 0 N–H and O–H groups in total. The topological polar surface area (TPSA) is 25.8 Å². The predicted molar refractivity (Wildman–Crippen MR) is 254 cm³/mol. The van der Waals surface area contributed by atoms with Gasteiger partial charge in [-0.2, -0.15) is 0 Å². The predicted octanol–water partition coefficient (Wildman–Crippen LogP) is 15.0. The van der Waals surface area contributed by atoms with Gasteiger partial charge in [0.15, 0.2) is 5.82 Å². The van der Waals surface area contributed by atoms with Gasteiger partial charge in [-0.25, -0.2) is 9.97 Å². The highest BCUT2D eigenvalue weighted by Crippen LogP contribution is 2.56. The molecule has 11 aromatic rings.